The molecule has 1 amide bonds. The van der Waals surface area contributed by atoms with Gasteiger partial charge in [-0.05, 0) is 76.4 Å². The molecule has 4 aromatic rings. The summed E-state index contributed by atoms with van der Waals surface area (Å²) < 4.78 is 17.8. The van der Waals surface area contributed by atoms with Crippen LogP contribution in [-0.2, 0) is 22.5 Å². The van der Waals surface area contributed by atoms with Gasteiger partial charge in [-0.25, -0.2) is 0 Å². The summed E-state index contributed by atoms with van der Waals surface area (Å²) in [6.45, 7) is 12.5. The Morgan fingerprint density at radius 1 is 1.11 bits per heavy atom. The number of aromatic nitrogens is 1. The van der Waals surface area contributed by atoms with Crippen LogP contribution in [0.5, 0.6) is 0 Å². The first-order valence-corrected chi connectivity index (χ1v) is 12.2. The van der Waals surface area contributed by atoms with Crippen LogP contribution in [0.1, 0.15) is 65.0 Å². The highest BCUT2D eigenvalue weighted by molar-refractivity contribution is 5.83. The predicted octanol–water partition coefficient (Wildman–Crippen LogP) is 5.36. The number of nitrogens with two attached hydrogens (primary N) is 1. The van der Waals surface area contributed by atoms with Crippen molar-refractivity contribution in [2.24, 2.45) is 5.73 Å². The van der Waals surface area contributed by atoms with E-state index in [0.29, 0.717) is 24.7 Å². The lowest BCUT2D eigenvalue weighted by molar-refractivity contribution is -0.120. The number of rotatable bonds is 9. The van der Waals surface area contributed by atoms with E-state index in [-0.39, 0.29) is 12.3 Å². The quantitative estimate of drug-likeness (QED) is 0.328. The highest BCUT2D eigenvalue weighted by atomic mass is 16.5. The molecular weight excluding hydrogens is 454 g/mol. The van der Waals surface area contributed by atoms with Crippen molar-refractivity contribution >= 4 is 16.9 Å². The largest absolute Gasteiger partial charge is 0.458 e. The summed E-state index contributed by atoms with van der Waals surface area (Å²) in [5.74, 6) is 1.29. The van der Waals surface area contributed by atoms with E-state index >= 15 is 0 Å². The summed E-state index contributed by atoms with van der Waals surface area (Å²) in [7, 11) is 0. The highest BCUT2D eigenvalue weighted by Crippen LogP contribution is 2.35. The molecule has 0 bridgehead atoms. The van der Waals surface area contributed by atoms with E-state index in [9.17, 15) is 4.79 Å². The first-order valence-electron chi connectivity index (χ1n) is 12.2. The number of carbonyl (C=O) groups is 1. The van der Waals surface area contributed by atoms with Gasteiger partial charge in [-0.3, -0.25) is 4.79 Å². The molecule has 2 heterocycles. The second-order valence-corrected chi connectivity index (χ2v) is 10.3. The molecular formula is C29H35N3O4. The number of furan rings is 1. The topological polar surface area (TPSA) is 104 Å². The van der Waals surface area contributed by atoms with Gasteiger partial charge in [-0.2, -0.15) is 0 Å². The summed E-state index contributed by atoms with van der Waals surface area (Å²) >= 11 is 0. The lowest BCUT2D eigenvalue weighted by atomic mass is 10.0. The van der Waals surface area contributed by atoms with Crippen LogP contribution in [0, 0.1) is 27.7 Å². The Morgan fingerprint density at radius 3 is 2.56 bits per heavy atom. The van der Waals surface area contributed by atoms with Gasteiger partial charge < -0.3 is 24.7 Å². The van der Waals surface area contributed by atoms with E-state index in [0.717, 1.165) is 33.4 Å². The SMILES string of the molecule is Cc1ccc(CNC(=O)Cc2ccc3oc(C(OCC(C)(C)N)c4c(C)noc4C)cc3c2)c(C)c1. The molecule has 36 heavy (non-hydrogen) atoms. The Hall–Kier alpha value is -3.42. The van der Waals surface area contributed by atoms with Gasteiger partial charge in [-0.1, -0.05) is 35.0 Å². The summed E-state index contributed by atoms with van der Waals surface area (Å²) in [6.07, 6.45) is -0.219. The molecule has 0 saturated carbocycles. The number of nitrogens with zero attached hydrogens (tertiary/aromatic N) is 1. The van der Waals surface area contributed by atoms with Crippen LogP contribution in [0.4, 0.5) is 0 Å². The van der Waals surface area contributed by atoms with E-state index in [1.807, 2.05) is 52.0 Å². The smallest absolute Gasteiger partial charge is 0.224 e. The second kappa shape index (κ2) is 10.3. The van der Waals surface area contributed by atoms with Crippen molar-refractivity contribution in [3.63, 3.8) is 0 Å². The molecule has 7 nitrogen and oxygen atoms in total. The zero-order chi connectivity index (χ0) is 26.0. The third-order valence-electron chi connectivity index (χ3n) is 6.17. The Bertz CT molecular complexity index is 1360. The number of benzene rings is 2. The summed E-state index contributed by atoms with van der Waals surface area (Å²) in [5.41, 5.74) is 12.4. The van der Waals surface area contributed by atoms with Gasteiger partial charge in [0.1, 0.15) is 23.2 Å². The number of nitrogens with one attached hydrogen (secondary N) is 1. The minimum atomic E-state index is -0.513. The fourth-order valence-corrected chi connectivity index (χ4v) is 4.31. The zero-order valence-electron chi connectivity index (χ0n) is 21.9. The van der Waals surface area contributed by atoms with Gasteiger partial charge >= 0.3 is 0 Å². The van der Waals surface area contributed by atoms with Crippen LogP contribution in [0.3, 0.4) is 0 Å². The van der Waals surface area contributed by atoms with Crippen molar-refractivity contribution in [1.82, 2.24) is 10.5 Å². The molecule has 1 unspecified atom stereocenters. The molecule has 0 spiro atoms. The highest BCUT2D eigenvalue weighted by Gasteiger charge is 2.28. The first kappa shape index (κ1) is 25.7. The molecule has 4 rings (SSSR count). The molecule has 0 aliphatic carbocycles. The predicted molar refractivity (Wildman–Crippen MR) is 140 cm³/mol. The molecule has 2 aromatic carbocycles. The lowest BCUT2D eigenvalue weighted by Gasteiger charge is -2.23. The fraction of sp³-hybridized carbons (Fsp3) is 0.379. The van der Waals surface area contributed by atoms with Gasteiger partial charge in [0.25, 0.3) is 0 Å². The summed E-state index contributed by atoms with van der Waals surface area (Å²) in [4.78, 5) is 12.6. The average molecular weight is 490 g/mol. The minimum Gasteiger partial charge on any atom is -0.458 e. The zero-order valence-corrected chi connectivity index (χ0v) is 21.9. The number of fused-ring (bicyclic) bond motifs is 1. The molecule has 0 saturated heterocycles. The van der Waals surface area contributed by atoms with Gasteiger partial charge in [-0.15, -0.1) is 0 Å². The number of carbonyl (C=O) groups excluding carboxylic acids is 1. The second-order valence-electron chi connectivity index (χ2n) is 10.3. The van der Waals surface area contributed by atoms with Crippen LogP contribution < -0.4 is 11.1 Å². The standard InChI is InChI=1S/C29H35N3O4/c1-17-7-9-22(18(2)11-17)15-31-26(33)13-21-8-10-24-23(12-21)14-25(35-24)28(34-16-29(5,6)30)27-19(3)32-36-20(27)4/h7-12,14,28H,13,15-16,30H2,1-6H3,(H,31,33). The van der Waals surface area contributed by atoms with Crippen LogP contribution in [0.25, 0.3) is 11.0 Å². The maximum Gasteiger partial charge on any atom is 0.224 e. The number of aryl methyl sites for hydroxylation is 4. The monoisotopic (exact) mass is 489 g/mol. The molecule has 0 aliphatic rings. The number of ether oxygens (including phenoxy) is 1. The van der Waals surface area contributed by atoms with Crippen molar-refractivity contribution < 1.29 is 18.5 Å². The van der Waals surface area contributed by atoms with E-state index in [4.69, 9.17) is 19.4 Å². The lowest BCUT2D eigenvalue weighted by Crippen LogP contribution is -2.38. The summed E-state index contributed by atoms with van der Waals surface area (Å²) in [6, 6.07) is 14.0. The fourth-order valence-electron chi connectivity index (χ4n) is 4.31. The Labute approximate surface area is 212 Å². The van der Waals surface area contributed by atoms with Crippen molar-refractivity contribution in [3.8, 4) is 0 Å². The first-order chi connectivity index (χ1) is 17.0. The van der Waals surface area contributed by atoms with Crippen LogP contribution in [-0.4, -0.2) is 23.2 Å². The van der Waals surface area contributed by atoms with Crippen LogP contribution >= 0.6 is 0 Å². The molecule has 1 atom stereocenters. The molecule has 0 aliphatic heterocycles. The third kappa shape index (κ3) is 6.04. The number of hydrogen-bond acceptors (Lipinski definition) is 6. The van der Waals surface area contributed by atoms with E-state index in [1.165, 1.54) is 11.1 Å². The Kier molecular flexibility index (Phi) is 7.33. The van der Waals surface area contributed by atoms with Gasteiger partial charge in [0.2, 0.25) is 5.91 Å². The summed E-state index contributed by atoms with van der Waals surface area (Å²) in [5, 5.41) is 8.01. The van der Waals surface area contributed by atoms with Gasteiger partial charge in [0.15, 0.2) is 0 Å². The molecule has 0 radical (unpaired) electrons. The molecule has 7 heteroatoms. The molecule has 0 fully saturated rings. The normalized spacial score (nSPS) is 12.8. The minimum absolute atomic E-state index is 0.0276. The molecule has 2 aromatic heterocycles. The van der Waals surface area contributed by atoms with Crippen molar-refractivity contribution in [3.05, 3.63) is 87.5 Å². The maximum absolute atomic E-state index is 12.6. The van der Waals surface area contributed by atoms with Crippen LogP contribution in [0.15, 0.2) is 51.4 Å². The van der Waals surface area contributed by atoms with E-state index < -0.39 is 11.6 Å². The van der Waals surface area contributed by atoms with Gasteiger partial charge in [0.05, 0.1) is 24.3 Å². The third-order valence-corrected chi connectivity index (χ3v) is 6.17. The maximum atomic E-state index is 12.6. The molecule has 3 N–H and O–H groups in total. The van der Waals surface area contributed by atoms with Gasteiger partial charge in [0, 0.05) is 17.5 Å². The number of hydrogen-bond donors (Lipinski definition) is 2. The van der Waals surface area contributed by atoms with Crippen molar-refractivity contribution in [2.45, 2.75) is 66.2 Å². The van der Waals surface area contributed by atoms with E-state index in [1.54, 1.807) is 0 Å². The van der Waals surface area contributed by atoms with Crippen LogP contribution in [0.2, 0.25) is 0 Å². The van der Waals surface area contributed by atoms with Crippen molar-refractivity contribution in [2.75, 3.05) is 6.61 Å². The molecule has 190 valence electrons. The Balaban J connectivity index is 1.52. The Morgan fingerprint density at radius 2 is 1.89 bits per heavy atom. The average Bonchev–Trinajstić information content (AvgIpc) is 3.36. The number of amides is 1. The van der Waals surface area contributed by atoms with Crippen molar-refractivity contribution in [1.29, 1.82) is 0 Å². The van der Waals surface area contributed by atoms with E-state index in [2.05, 4.69) is 42.5 Å².